The van der Waals surface area contributed by atoms with Crippen molar-refractivity contribution in [1.82, 2.24) is 0 Å². The Morgan fingerprint density at radius 2 is 0.882 bits per heavy atom. The SMILES string of the molecule is CC/C=C\C/C=C\C/C=C\C/C=C\C/C=C\C/C=C\CCCCCCCOCC(CO)OC(=O)CCCCCCC/C=C\C/C=C\CCCCC. The molecular weight excluding hydrogens is 629 g/mol. The minimum absolute atomic E-state index is 0.192. The number of esters is 1. The van der Waals surface area contributed by atoms with E-state index >= 15 is 0 Å². The fourth-order valence-electron chi connectivity index (χ4n) is 5.30. The van der Waals surface area contributed by atoms with Crippen LogP contribution < -0.4 is 0 Å². The van der Waals surface area contributed by atoms with Crippen molar-refractivity contribution in [1.29, 1.82) is 0 Å². The van der Waals surface area contributed by atoms with E-state index < -0.39 is 6.10 Å². The second kappa shape index (κ2) is 43.5. The van der Waals surface area contributed by atoms with Gasteiger partial charge in [-0.3, -0.25) is 4.79 Å². The third-order valence-corrected chi connectivity index (χ3v) is 8.39. The molecule has 0 aliphatic rings. The number of aliphatic hydroxyl groups is 1. The Balaban J connectivity index is 3.57. The van der Waals surface area contributed by atoms with Gasteiger partial charge in [-0.05, 0) is 96.3 Å². The second-order valence-corrected chi connectivity index (χ2v) is 13.3. The maximum Gasteiger partial charge on any atom is 0.306 e. The molecule has 0 radical (unpaired) electrons. The van der Waals surface area contributed by atoms with Gasteiger partial charge >= 0.3 is 5.97 Å². The Hall–Kier alpha value is -2.69. The van der Waals surface area contributed by atoms with Gasteiger partial charge in [0, 0.05) is 13.0 Å². The van der Waals surface area contributed by atoms with Gasteiger partial charge in [-0.2, -0.15) is 0 Å². The van der Waals surface area contributed by atoms with Gasteiger partial charge in [0.1, 0.15) is 6.10 Å². The third-order valence-electron chi connectivity index (χ3n) is 8.39. The molecule has 0 saturated heterocycles. The maximum absolute atomic E-state index is 12.2. The molecule has 1 atom stereocenters. The Kier molecular flexibility index (Phi) is 41.2. The largest absolute Gasteiger partial charge is 0.457 e. The fraction of sp³-hybridized carbons (Fsp3) is 0.638. The summed E-state index contributed by atoms with van der Waals surface area (Å²) in [5, 5.41) is 9.59. The zero-order valence-corrected chi connectivity index (χ0v) is 33.1. The quantitative estimate of drug-likeness (QED) is 0.0397. The van der Waals surface area contributed by atoms with E-state index in [-0.39, 0.29) is 19.2 Å². The topological polar surface area (TPSA) is 55.8 Å². The molecule has 0 bridgehead atoms. The van der Waals surface area contributed by atoms with Crippen molar-refractivity contribution in [2.45, 2.75) is 174 Å². The van der Waals surface area contributed by atoms with Crippen LogP contribution in [0.3, 0.4) is 0 Å². The van der Waals surface area contributed by atoms with Crippen LogP contribution in [0.25, 0.3) is 0 Å². The highest BCUT2D eigenvalue weighted by Crippen LogP contribution is 2.10. The first kappa shape index (κ1) is 48.3. The predicted molar refractivity (Wildman–Crippen MR) is 223 cm³/mol. The first-order chi connectivity index (χ1) is 25.2. The molecule has 0 aromatic carbocycles. The molecule has 0 fully saturated rings. The highest BCUT2D eigenvalue weighted by molar-refractivity contribution is 5.69. The van der Waals surface area contributed by atoms with Gasteiger partial charge in [-0.15, -0.1) is 0 Å². The van der Waals surface area contributed by atoms with Crippen molar-refractivity contribution in [3.8, 4) is 0 Å². The molecule has 0 spiro atoms. The van der Waals surface area contributed by atoms with Crippen LogP contribution in [0.4, 0.5) is 0 Å². The average Bonchev–Trinajstić information content (AvgIpc) is 3.14. The normalized spacial score (nSPS) is 13.4. The highest BCUT2D eigenvalue weighted by Gasteiger charge is 2.13. The van der Waals surface area contributed by atoms with Crippen molar-refractivity contribution in [3.63, 3.8) is 0 Å². The minimum Gasteiger partial charge on any atom is -0.457 e. The Bertz CT molecular complexity index is 965. The number of carbonyl (C=O) groups is 1. The highest BCUT2D eigenvalue weighted by atomic mass is 16.6. The molecule has 0 aliphatic heterocycles. The van der Waals surface area contributed by atoms with Crippen LogP contribution in [0.2, 0.25) is 0 Å². The lowest BCUT2D eigenvalue weighted by Crippen LogP contribution is -2.27. The molecule has 290 valence electrons. The van der Waals surface area contributed by atoms with E-state index in [1.54, 1.807) is 0 Å². The van der Waals surface area contributed by atoms with Crippen LogP contribution in [-0.4, -0.2) is 37.0 Å². The molecule has 51 heavy (non-hydrogen) atoms. The van der Waals surface area contributed by atoms with E-state index in [9.17, 15) is 9.90 Å². The van der Waals surface area contributed by atoms with Crippen LogP contribution in [-0.2, 0) is 14.3 Å². The van der Waals surface area contributed by atoms with Gasteiger partial charge in [0.15, 0.2) is 0 Å². The van der Waals surface area contributed by atoms with Crippen molar-refractivity contribution in [3.05, 3.63) is 97.2 Å². The van der Waals surface area contributed by atoms with Gasteiger partial charge < -0.3 is 14.6 Å². The number of aliphatic hydroxyl groups excluding tert-OH is 1. The summed E-state index contributed by atoms with van der Waals surface area (Å²) in [7, 11) is 0. The van der Waals surface area contributed by atoms with E-state index in [4.69, 9.17) is 9.47 Å². The van der Waals surface area contributed by atoms with Crippen molar-refractivity contribution in [2.24, 2.45) is 0 Å². The van der Waals surface area contributed by atoms with Crippen molar-refractivity contribution in [2.75, 3.05) is 19.8 Å². The van der Waals surface area contributed by atoms with Gasteiger partial charge in [-0.25, -0.2) is 0 Å². The van der Waals surface area contributed by atoms with E-state index in [0.29, 0.717) is 13.0 Å². The summed E-state index contributed by atoms with van der Waals surface area (Å²) < 4.78 is 11.1. The molecule has 0 heterocycles. The van der Waals surface area contributed by atoms with Crippen molar-refractivity contribution < 1.29 is 19.4 Å². The zero-order valence-electron chi connectivity index (χ0n) is 33.1. The Labute approximate surface area is 315 Å². The van der Waals surface area contributed by atoms with Gasteiger partial charge in [0.2, 0.25) is 0 Å². The maximum atomic E-state index is 12.2. The monoisotopic (exact) mass is 707 g/mol. The number of carbonyl (C=O) groups excluding carboxylic acids is 1. The molecule has 1 N–H and O–H groups in total. The molecule has 0 amide bonds. The summed E-state index contributed by atoms with van der Waals surface area (Å²) in [6, 6.07) is 0. The summed E-state index contributed by atoms with van der Waals surface area (Å²) in [4.78, 5) is 12.2. The van der Waals surface area contributed by atoms with Crippen LogP contribution in [0, 0.1) is 0 Å². The second-order valence-electron chi connectivity index (χ2n) is 13.3. The molecule has 1 unspecified atom stereocenters. The fourth-order valence-corrected chi connectivity index (χ4v) is 5.30. The molecule has 4 nitrogen and oxygen atoms in total. The number of hydrogen-bond donors (Lipinski definition) is 1. The molecule has 0 aromatic heterocycles. The summed E-state index contributed by atoms with van der Waals surface area (Å²) in [5.41, 5.74) is 0. The molecule has 0 saturated carbocycles. The van der Waals surface area contributed by atoms with Crippen LogP contribution in [0.15, 0.2) is 97.2 Å². The number of rotatable bonds is 37. The van der Waals surface area contributed by atoms with E-state index in [2.05, 4.69) is 111 Å². The summed E-state index contributed by atoms with van der Waals surface area (Å²) in [6.07, 6.45) is 61.7. The lowest BCUT2D eigenvalue weighted by atomic mass is 10.1. The molecule has 0 aliphatic carbocycles. The van der Waals surface area contributed by atoms with E-state index in [1.807, 2.05) is 0 Å². The molecule has 0 rings (SSSR count). The summed E-state index contributed by atoms with van der Waals surface area (Å²) >= 11 is 0. The molecular formula is C47H78O4. The van der Waals surface area contributed by atoms with E-state index in [1.165, 1.54) is 57.8 Å². The van der Waals surface area contributed by atoms with Crippen molar-refractivity contribution >= 4 is 5.97 Å². The van der Waals surface area contributed by atoms with E-state index in [0.717, 1.165) is 89.9 Å². The van der Waals surface area contributed by atoms with Gasteiger partial charge in [-0.1, -0.05) is 162 Å². The Morgan fingerprint density at radius 3 is 1.33 bits per heavy atom. The molecule has 4 heteroatoms. The zero-order chi connectivity index (χ0) is 37.0. The first-order valence-electron chi connectivity index (χ1n) is 20.8. The van der Waals surface area contributed by atoms with Crippen LogP contribution in [0.5, 0.6) is 0 Å². The first-order valence-corrected chi connectivity index (χ1v) is 20.8. The van der Waals surface area contributed by atoms with Gasteiger partial charge in [0.05, 0.1) is 13.2 Å². The lowest BCUT2D eigenvalue weighted by molar-refractivity contribution is -0.154. The third kappa shape index (κ3) is 41.6. The average molecular weight is 707 g/mol. The summed E-state index contributed by atoms with van der Waals surface area (Å²) in [5.74, 6) is -0.227. The number of hydrogen-bond acceptors (Lipinski definition) is 4. The lowest BCUT2D eigenvalue weighted by Gasteiger charge is -2.15. The summed E-state index contributed by atoms with van der Waals surface area (Å²) in [6.45, 7) is 5.13. The molecule has 0 aromatic rings. The predicted octanol–water partition coefficient (Wildman–Crippen LogP) is 13.8. The number of unbranched alkanes of at least 4 members (excludes halogenated alkanes) is 13. The standard InChI is InChI=1S/C47H78O4/c1-3-5-7-9-11-13-15-17-19-20-21-22-23-24-25-26-27-29-31-33-35-37-39-41-43-50-45-46(44-48)51-47(49)42-40-38-36-34-32-30-28-18-16-14-12-10-8-6-4-2/h5,7,11-14,17-19,21-22,24-25,27-29,46,48H,3-4,6,8-10,15-16,20,23,26,30-45H2,1-2H3/b7-5-,13-11-,14-12-,19-17-,22-21-,25-24-,28-18-,29-27-. The van der Waals surface area contributed by atoms with Crippen LogP contribution >= 0.6 is 0 Å². The smallest absolute Gasteiger partial charge is 0.306 e. The Morgan fingerprint density at radius 1 is 0.490 bits per heavy atom. The number of allylic oxidation sites excluding steroid dienone is 16. The van der Waals surface area contributed by atoms with Crippen LogP contribution in [0.1, 0.15) is 168 Å². The number of ether oxygens (including phenoxy) is 2. The van der Waals surface area contributed by atoms with Gasteiger partial charge in [0.25, 0.3) is 0 Å². The minimum atomic E-state index is -0.558.